The number of Topliss-reactive ketones (excluding diaryl/α,β-unsaturated/α-hetero) is 1. The molecule has 1 aromatic heterocycles. The second-order valence-corrected chi connectivity index (χ2v) is 6.57. The van der Waals surface area contributed by atoms with Gasteiger partial charge in [0.25, 0.3) is 0 Å². The van der Waals surface area contributed by atoms with Crippen molar-refractivity contribution in [2.24, 2.45) is 0 Å². The van der Waals surface area contributed by atoms with Gasteiger partial charge in [-0.3, -0.25) is 9.36 Å². The number of thioether (sulfide) groups is 1. The van der Waals surface area contributed by atoms with Crippen LogP contribution in [0.1, 0.15) is 36.2 Å². The van der Waals surface area contributed by atoms with Gasteiger partial charge in [0.15, 0.2) is 10.9 Å². The fraction of sp³-hybridized carbons (Fsp3) is 0.400. The Hall–Kier alpha value is -2.02. The quantitative estimate of drug-likeness (QED) is 0.653. The zero-order chi connectivity index (χ0) is 15.7. The third-order valence-electron chi connectivity index (χ3n) is 3.61. The molecule has 0 bridgehead atoms. The van der Waals surface area contributed by atoms with Crippen molar-refractivity contribution in [3.63, 3.8) is 0 Å². The Morgan fingerprint density at radius 1 is 1.41 bits per heavy atom. The number of aromatic nitrogens is 3. The van der Waals surface area contributed by atoms with E-state index in [4.69, 9.17) is 4.74 Å². The van der Waals surface area contributed by atoms with Crippen molar-refractivity contribution in [1.29, 1.82) is 0 Å². The van der Waals surface area contributed by atoms with E-state index in [1.54, 1.807) is 35.9 Å². The third kappa shape index (κ3) is 2.94. The fourth-order valence-electron chi connectivity index (χ4n) is 2.23. The molecular weight excluding hydrogens is 302 g/mol. The van der Waals surface area contributed by atoms with Gasteiger partial charge in [-0.25, -0.2) is 9.89 Å². The molecule has 0 amide bonds. The van der Waals surface area contributed by atoms with Gasteiger partial charge >= 0.3 is 5.69 Å². The van der Waals surface area contributed by atoms with Gasteiger partial charge in [-0.1, -0.05) is 11.8 Å². The van der Waals surface area contributed by atoms with Crippen molar-refractivity contribution in [1.82, 2.24) is 14.8 Å². The minimum absolute atomic E-state index is 0.00505. The minimum atomic E-state index is -0.318. The highest BCUT2D eigenvalue weighted by Gasteiger charge is 2.30. The largest absolute Gasteiger partial charge is 0.497 e. The molecule has 1 aliphatic carbocycles. The van der Waals surface area contributed by atoms with Gasteiger partial charge in [-0.05, 0) is 44.0 Å². The summed E-state index contributed by atoms with van der Waals surface area (Å²) in [6.45, 7) is 1.83. The van der Waals surface area contributed by atoms with Crippen LogP contribution in [0.5, 0.6) is 5.75 Å². The summed E-state index contributed by atoms with van der Waals surface area (Å²) in [5.41, 5.74) is 0.422. The van der Waals surface area contributed by atoms with Crippen LogP contribution in [0.25, 0.3) is 0 Å². The van der Waals surface area contributed by atoms with E-state index in [9.17, 15) is 9.59 Å². The van der Waals surface area contributed by atoms with Gasteiger partial charge in [0.1, 0.15) is 5.75 Å². The number of ketones is 1. The molecule has 22 heavy (non-hydrogen) atoms. The number of benzene rings is 1. The van der Waals surface area contributed by atoms with E-state index in [2.05, 4.69) is 10.2 Å². The molecule has 1 fully saturated rings. The van der Waals surface area contributed by atoms with Crippen LogP contribution in [0, 0.1) is 0 Å². The first-order chi connectivity index (χ1) is 10.6. The van der Waals surface area contributed by atoms with E-state index < -0.39 is 0 Å². The molecule has 1 saturated carbocycles. The number of ether oxygens (including phenoxy) is 1. The first-order valence-electron chi connectivity index (χ1n) is 7.12. The lowest BCUT2D eigenvalue weighted by atomic mass is 10.1. The van der Waals surface area contributed by atoms with Gasteiger partial charge < -0.3 is 4.74 Å². The van der Waals surface area contributed by atoms with E-state index in [0.29, 0.717) is 16.5 Å². The molecule has 2 aromatic rings. The first kappa shape index (κ1) is 14.9. The van der Waals surface area contributed by atoms with E-state index in [0.717, 1.165) is 12.8 Å². The second kappa shape index (κ2) is 6.00. The summed E-state index contributed by atoms with van der Waals surface area (Å²) in [5.74, 6) is 0.720. The van der Waals surface area contributed by atoms with Crippen LogP contribution in [0.3, 0.4) is 0 Å². The van der Waals surface area contributed by atoms with Crippen molar-refractivity contribution in [3.05, 3.63) is 40.3 Å². The molecule has 3 rings (SSSR count). The van der Waals surface area contributed by atoms with Gasteiger partial charge in [0.05, 0.1) is 12.4 Å². The molecule has 6 nitrogen and oxygen atoms in total. The Balaban J connectivity index is 1.74. The number of rotatable bonds is 6. The Morgan fingerprint density at radius 2 is 2.09 bits per heavy atom. The summed E-state index contributed by atoms with van der Waals surface area (Å²) in [4.78, 5) is 24.2. The zero-order valence-electron chi connectivity index (χ0n) is 12.4. The predicted molar refractivity (Wildman–Crippen MR) is 83.8 cm³/mol. The van der Waals surface area contributed by atoms with Crippen molar-refractivity contribution < 1.29 is 9.53 Å². The molecular formula is C15H17N3O3S. The third-order valence-corrected chi connectivity index (χ3v) is 4.68. The van der Waals surface area contributed by atoms with Crippen LogP contribution >= 0.6 is 11.8 Å². The second-order valence-electron chi connectivity index (χ2n) is 5.27. The van der Waals surface area contributed by atoms with Crippen molar-refractivity contribution >= 4 is 17.5 Å². The van der Waals surface area contributed by atoms with Crippen LogP contribution < -0.4 is 10.4 Å². The summed E-state index contributed by atoms with van der Waals surface area (Å²) in [7, 11) is 1.59. The van der Waals surface area contributed by atoms with Crippen molar-refractivity contribution in [2.45, 2.75) is 36.2 Å². The highest BCUT2D eigenvalue weighted by Crippen LogP contribution is 2.37. The average Bonchev–Trinajstić information content (AvgIpc) is 3.31. The summed E-state index contributed by atoms with van der Waals surface area (Å²) >= 11 is 1.31. The number of H-pyrrole nitrogens is 1. The number of methoxy groups -OCH3 is 1. The lowest BCUT2D eigenvalue weighted by molar-refractivity contribution is 0.0994. The molecule has 1 N–H and O–H groups in total. The Morgan fingerprint density at radius 3 is 2.68 bits per heavy atom. The normalized spacial score (nSPS) is 15.5. The number of hydrogen-bond donors (Lipinski definition) is 1. The Bertz CT molecular complexity index is 731. The Kier molecular flexibility index (Phi) is 4.06. The molecule has 7 heteroatoms. The van der Waals surface area contributed by atoms with Gasteiger partial charge in [-0.15, -0.1) is 5.10 Å². The maximum atomic E-state index is 12.5. The van der Waals surface area contributed by atoms with Crippen LogP contribution in [0.15, 0.2) is 34.2 Å². The fourth-order valence-corrected chi connectivity index (χ4v) is 3.23. The maximum absolute atomic E-state index is 12.5. The molecule has 0 saturated heterocycles. The minimum Gasteiger partial charge on any atom is -0.497 e. The number of hydrogen-bond acceptors (Lipinski definition) is 5. The van der Waals surface area contributed by atoms with Crippen LogP contribution in [0.4, 0.5) is 0 Å². The summed E-state index contributed by atoms with van der Waals surface area (Å²) in [6.07, 6.45) is 1.99. The lowest BCUT2D eigenvalue weighted by Crippen LogP contribution is -2.18. The SMILES string of the molecule is COc1ccc(C(=O)C(C)Sc2n[nH]c(=O)n2C2CC2)cc1. The predicted octanol–water partition coefficient (Wildman–Crippen LogP) is 2.28. The van der Waals surface area contributed by atoms with Gasteiger partial charge in [0, 0.05) is 11.6 Å². The maximum Gasteiger partial charge on any atom is 0.344 e. The molecule has 116 valence electrons. The standard InChI is InChI=1S/C15H17N3O3S/c1-9(13(19)10-3-7-12(21-2)8-4-10)22-15-17-16-14(20)18(15)11-5-6-11/h3-4,7-9,11H,5-6H2,1-2H3,(H,16,20). The number of nitrogens with zero attached hydrogens (tertiary/aromatic N) is 2. The van der Waals surface area contributed by atoms with Crippen molar-refractivity contribution in [3.8, 4) is 5.75 Å². The molecule has 1 aromatic carbocycles. The van der Waals surface area contributed by atoms with Crippen LogP contribution in [0.2, 0.25) is 0 Å². The topological polar surface area (TPSA) is 77.0 Å². The smallest absolute Gasteiger partial charge is 0.344 e. The van der Waals surface area contributed by atoms with Crippen molar-refractivity contribution in [2.75, 3.05) is 7.11 Å². The van der Waals surface area contributed by atoms with Gasteiger partial charge in [0.2, 0.25) is 0 Å². The lowest BCUT2D eigenvalue weighted by Gasteiger charge is -2.10. The number of nitrogens with one attached hydrogen (secondary N) is 1. The number of aromatic amines is 1. The molecule has 1 atom stereocenters. The monoisotopic (exact) mass is 319 g/mol. The van der Waals surface area contributed by atoms with E-state index >= 15 is 0 Å². The molecule has 0 spiro atoms. The Labute approximate surface area is 131 Å². The molecule has 0 aliphatic heterocycles. The highest BCUT2D eigenvalue weighted by atomic mass is 32.2. The molecule has 1 unspecified atom stereocenters. The van der Waals surface area contributed by atoms with E-state index in [-0.39, 0.29) is 22.8 Å². The molecule has 1 aliphatic rings. The molecule has 1 heterocycles. The van der Waals surface area contributed by atoms with Gasteiger partial charge in [-0.2, -0.15) is 0 Å². The van der Waals surface area contributed by atoms with E-state index in [1.165, 1.54) is 11.8 Å². The number of carbonyl (C=O) groups is 1. The molecule has 0 radical (unpaired) electrons. The summed E-state index contributed by atoms with van der Waals surface area (Å²) < 4.78 is 6.74. The highest BCUT2D eigenvalue weighted by molar-refractivity contribution is 8.00. The first-order valence-corrected chi connectivity index (χ1v) is 8.00. The van der Waals surface area contributed by atoms with Crippen LogP contribution in [-0.2, 0) is 0 Å². The van der Waals surface area contributed by atoms with E-state index in [1.807, 2.05) is 6.92 Å². The number of carbonyl (C=O) groups excluding carboxylic acids is 1. The zero-order valence-corrected chi connectivity index (χ0v) is 13.2. The van der Waals surface area contributed by atoms with Crippen LogP contribution in [-0.4, -0.2) is 32.9 Å². The summed E-state index contributed by atoms with van der Waals surface area (Å²) in [6, 6.07) is 7.25. The summed E-state index contributed by atoms with van der Waals surface area (Å²) in [5, 5.41) is 6.77. The average molecular weight is 319 g/mol.